The van der Waals surface area contributed by atoms with Crippen LogP contribution in [0.3, 0.4) is 0 Å². The smallest absolute Gasteiger partial charge is 0.332 e. The third kappa shape index (κ3) is 6.26. The average molecular weight is 358 g/mol. The minimum absolute atomic E-state index is 0.0915. The van der Waals surface area contributed by atoms with Crippen LogP contribution in [0.1, 0.15) is 20.8 Å². The zero-order chi connectivity index (χ0) is 18.3. The second kappa shape index (κ2) is 8.76. The van der Waals surface area contributed by atoms with Crippen LogP contribution in [-0.2, 0) is 29.1 Å². The van der Waals surface area contributed by atoms with Gasteiger partial charge in [0.1, 0.15) is 6.61 Å². The van der Waals surface area contributed by atoms with Crippen molar-refractivity contribution >= 4 is 27.6 Å². The molecule has 1 aromatic rings. The normalized spacial score (nSPS) is 12.7. The Balaban J connectivity index is 2.70. The molecular formula is C15H22N2O6S. The van der Waals surface area contributed by atoms with E-state index in [0.29, 0.717) is 5.69 Å². The number of hydrogen-bond donors (Lipinski definition) is 2. The second-order valence-electron chi connectivity index (χ2n) is 5.35. The van der Waals surface area contributed by atoms with Gasteiger partial charge in [0.15, 0.2) is 6.10 Å². The number of carbonyl (C=O) groups excluding carboxylic acids is 2. The van der Waals surface area contributed by atoms with Gasteiger partial charge in [-0.25, -0.2) is 17.9 Å². The fraction of sp³-hybridized carbons (Fsp3) is 0.467. The molecular weight excluding hydrogens is 336 g/mol. The Morgan fingerprint density at radius 1 is 1.12 bits per heavy atom. The topological polar surface area (TPSA) is 111 Å². The average Bonchev–Trinajstić information content (AvgIpc) is 2.46. The van der Waals surface area contributed by atoms with E-state index in [-0.39, 0.29) is 17.5 Å². The van der Waals surface area contributed by atoms with Crippen LogP contribution >= 0.6 is 0 Å². The van der Waals surface area contributed by atoms with E-state index in [9.17, 15) is 18.0 Å². The number of ether oxygens (including phenoxy) is 2. The number of esters is 1. The van der Waals surface area contributed by atoms with Crippen molar-refractivity contribution in [2.24, 2.45) is 0 Å². The summed E-state index contributed by atoms with van der Waals surface area (Å²) in [5.41, 5.74) is 0.387. The minimum atomic E-state index is -3.59. The molecule has 1 aromatic carbocycles. The maximum atomic E-state index is 12.0. The molecule has 0 heterocycles. The highest BCUT2D eigenvalue weighted by Crippen LogP contribution is 2.15. The number of nitrogens with one attached hydrogen (secondary N) is 2. The summed E-state index contributed by atoms with van der Waals surface area (Å²) in [6, 6.07) is 5.44. The lowest BCUT2D eigenvalue weighted by Gasteiger charge is -2.14. The Hall–Kier alpha value is -1.97. The van der Waals surface area contributed by atoms with Gasteiger partial charge in [-0.2, -0.15) is 0 Å². The molecule has 0 bridgehead atoms. The van der Waals surface area contributed by atoms with Gasteiger partial charge >= 0.3 is 5.97 Å². The van der Waals surface area contributed by atoms with Gasteiger partial charge in [0, 0.05) is 18.8 Å². The van der Waals surface area contributed by atoms with Crippen molar-refractivity contribution in [3.8, 4) is 0 Å². The lowest BCUT2D eigenvalue weighted by molar-refractivity contribution is -0.156. The van der Waals surface area contributed by atoms with Gasteiger partial charge in [-0.15, -0.1) is 0 Å². The molecule has 134 valence electrons. The summed E-state index contributed by atoms with van der Waals surface area (Å²) in [5, 5.41) is 2.54. The van der Waals surface area contributed by atoms with Gasteiger partial charge in [0.2, 0.25) is 10.0 Å². The summed E-state index contributed by atoms with van der Waals surface area (Å²) in [4.78, 5) is 23.3. The molecule has 0 fully saturated rings. The Morgan fingerprint density at radius 2 is 1.71 bits per heavy atom. The number of benzene rings is 1. The fourth-order valence-electron chi connectivity index (χ4n) is 1.74. The van der Waals surface area contributed by atoms with Crippen molar-refractivity contribution in [1.82, 2.24) is 4.72 Å². The molecule has 1 atom stereocenters. The summed E-state index contributed by atoms with van der Waals surface area (Å²) in [7, 11) is -2.25. The third-order valence-corrected chi connectivity index (χ3v) is 4.44. The van der Waals surface area contributed by atoms with Crippen LogP contribution in [0, 0.1) is 0 Å². The van der Waals surface area contributed by atoms with Crippen molar-refractivity contribution in [1.29, 1.82) is 0 Å². The fourth-order valence-corrected chi connectivity index (χ4v) is 2.99. The summed E-state index contributed by atoms with van der Waals surface area (Å²) in [6.45, 7) is 4.62. The zero-order valence-corrected chi connectivity index (χ0v) is 14.8. The van der Waals surface area contributed by atoms with Crippen LogP contribution in [0.2, 0.25) is 0 Å². The lowest BCUT2D eigenvalue weighted by Crippen LogP contribution is -2.31. The first-order valence-corrected chi connectivity index (χ1v) is 8.75. The molecule has 0 spiro atoms. The molecule has 0 aliphatic heterocycles. The first-order chi connectivity index (χ1) is 11.2. The van der Waals surface area contributed by atoms with Crippen LogP contribution < -0.4 is 10.0 Å². The van der Waals surface area contributed by atoms with Gasteiger partial charge in [-0.3, -0.25) is 4.79 Å². The first kappa shape index (κ1) is 20.1. The molecule has 0 saturated heterocycles. The molecule has 1 rings (SSSR count). The molecule has 0 aliphatic carbocycles. The number of sulfonamides is 1. The van der Waals surface area contributed by atoms with Crippen LogP contribution in [0.15, 0.2) is 29.2 Å². The second-order valence-corrected chi connectivity index (χ2v) is 7.07. The highest BCUT2D eigenvalue weighted by atomic mass is 32.2. The van der Waals surface area contributed by atoms with Crippen LogP contribution in [-0.4, -0.2) is 46.2 Å². The van der Waals surface area contributed by atoms with E-state index in [1.807, 2.05) is 0 Å². The first-order valence-electron chi connectivity index (χ1n) is 7.27. The van der Waals surface area contributed by atoms with Crippen molar-refractivity contribution in [3.05, 3.63) is 24.3 Å². The van der Waals surface area contributed by atoms with Gasteiger partial charge in [0.05, 0.1) is 4.90 Å². The van der Waals surface area contributed by atoms with E-state index >= 15 is 0 Å². The molecule has 2 N–H and O–H groups in total. The van der Waals surface area contributed by atoms with Crippen molar-refractivity contribution in [3.63, 3.8) is 0 Å². The summed E-state index contributed by atoms with van der Waals surface area (Å²) in [5.74, 6) is -1.18. The molecule has 0 saturated carbocycles. The largest absolute Gasteiger partial charge is 0.451 e. The van der Waals surface area contributed by atoms with E-state index < -0.39 is 28.0 Å². The summed E-state index contributed by atoms with van der Waals surface area (Å²) in [6.07, 6.45) is -1.00. The SMILES string of the molecule is COCC(=O)O[C@H](C)C(=O)Nc1ccc(S(=O)(=O)NC(C)C)cc1. The number of methoxy groups -OCH3 is 1. The van der Waals surface area contributed by atoms with E-state index in [4.69, 9.17) is 4.74 Å². The molecule has 0 unspecified atom stereocenters. The molecule has 0 radical (unpaired) electrons. The Morgan fingerprint density at radius 3 is 2.21 bits per heavy atom. The number of rotatable bonds is 8. The van der Waals surface area contributed by atoms with Gasteiger partial charge in [0.25, 0.3) is 5.91 Å². The Labute approximate surface area is 141 Å². The maximum Gasteiger partial charge on any atom is 0.332 e. The molecule has 24 heavy (non-hydrogen) atoms. The number of anilines is 1. The Bertz CT molecular complexity index is 670. The van der Waals surface area contributed by atoms with Crippen LogP contribution in [0.25, 0.3) is 0 Å². The van der Waals surface area contributed by atoms with Crippen molar-refractivity contribution in [2.45, 2.75) is 37.8 Å². The number of hydrogen-bond acceptors (Lipinski definition) is 6. The molecule has 8 nitrogen and oxygen atoms in total. The number of carbonyl (C=O) groups is 2. The van der Waals surface area contributed by atoms with Gasteiger partial charge in [-0.05, 0) is 45.0 Å². The van der Waals surface area contributed by atoms with Gasteiger partial charge in [-0.1, -0.05) is 0 Å². The molecule has 9 heteroatoms. The van der Waals surface area contributed by atoms with Crippen LogP contribution in [0.4, 0.5) is 5.69 Å². The highest BCUT2D eigenvalue weighted by molar-refractivity contribution is 7.89. The quantitative estimate of drug-likeness (QED) is 0.668. The molecule has 0 aliphatic rings. The van der Waals surface area contributed by atoms with E-state index in [0.717, 1.165) is 0 Å². The molecule has 1 amide bonds. The monoisotopic (exact) mass is 358 g/mol. The predicted octanol–water partition coefficient (Wildman–Crippen LogP) is 0.890. The van der Waals surface area contributed by atoms with Crippen molar-refractivity contribution < 1.29 is 27.5 Å². The van der Waals surface area contributed by atoms with Gasteiger partial charge < -0.3 is 14.8 Å². The lowest BCUT2D eigenvalue weighted by atomic mass is 10.3. The zero-order valence-electron chi connectivity index (χ0n) is 14.0. The third-order valence-electron chi connectivity index (χ3n) is 2.76. The minimum Gasteiger partial charge on any atom is -0.451 e. The van der Waals surface area contributed by atoms with E-state index in [1.165, 1.54) is 38.3 Å². The van der Waals surface area contributed by atoms with Crippen LogP contribution in [0.5, 0.6) is 0 Å². The molecule has 0 aromatic heterocycles. The standard InChI is InChI=1S/C15H22N2O6S/c1-10(2)17-24(20,21)13-7-5-12(6-8-13)16-15(19)11(3)23-14(18)9-22-4/h5-8,10-11,17H,9H2,1-4H3,(H,16,19)/t11-/m1/s1. The van der Waals surface area contributed by atoms with E-state index in [1.54, 1.807) is 13.8 Å². The summed E-state index contributed by atoms with van der Waals surface area (Å²) >= 11 is 0. The Kier molecular flexibility index (Phi) is 7.33. The summed E-state index contributed by atoms with van der Waals surface area (Å²) < 4.78 is 35.9. The predicted molar refractivity (Wildman–Crippen MR) is 88.0 cm³/mol. The van der Waals surface area contributed by atoms with E-state index in [2.05, 4.69) is 14.8 Å². The number of amides is 1. The highest BCUT2D eigenvalue weighted by Gasteiger charge is 2.19. The van der Waals surface area contributed by atoms with Crippen molar-refractivity contribution in [2.75, 3.05) is 19.0 Å². The maximum absolute atomic E-state index is 12.0.